The van der Waals surface area contributed by atoms with Crippen molar-refractivity contribution in [2.75, 3.05) is 26.7 Å². The molecule has 0 spiro atoms. The van der Waals surface area contributed by atoms with Crippen molar-refractivity contribution in [3.8, 4) is 0 Å². The largest absolute Gasteiger partial charge is 0.356 e. The molecule has 1 saturated heterocycles. The standard InChI is InChI=1S/C10H18N2O/c1-12-5-4-9(7-12)10(13)11-6-8-2-3-8/h8-9H,2-7H2,1H3,(H,11,13). The van der Waals surface area contributed by atoms with E-state index in [0.717, 1.165) is 32.0 Å². The van der Waals surface area contributed by atoms with Crippen LogP contribution in [0.3, 0.4) is 0 Å². The molecule has 1 amide bonds. The molecular weight excluding hydrogens is 164 g/mol. The van der Waals surface area contributed by atoms with Crippen LogP contribution in [0.15, 0.2) is 0 Å². The van der Waals surface area contributed by atoms with Crippen LogP contribution in [-0.2, 0) is 4.79 Å². The van der Waals surface area contributed by atoms with Gasteiger partial charge in [-0.15, -0.1) is 0 Å². The SMILES string of the molecule is CN1CCC(C(=O)NCC2CC2)C1. The molecule has 0 bridgehead atoms. The molecule has 1 saturated carbocycles. The quantitative estimate of drug-likeness (QED) is 0.688. The fraction of sp³-hybridized carbons (Fsp3) is 0.900. The summed E-state index contributed by atoms with van der Waals surface area (Å²) < 4.78 is 0. The van der Waals surface area contributed by atoms with Gasteiger partial charge in [0.05, 0.1) is 5.92 Å². The number of amides is 1. The van der Waals surface area contributed by atoms with Crippen LogP contribution in [-0.4, -0.2) is 37.5 Å². The van der Waals surface area contributed by atoms with Crippen LogP contribution >= 0.6 is 0 Å². The van der Waals surface area contributed by atoms with E-state index in [1.54, 1.807) is 0 Å². The van der Waals surface area contributed by atoms with E-state index in [9.17, 15) is 4.79 Å². The van der Waals surface area contributed by atoms with E-state index in [0.29, 0.717) is 0 Å². The molecule has 13 heavy (non-hydrogen) atoms. The summed E-state index contributed by atoms with van der Waals surface area (Å²) in [5.74, 6) is 1.32. The summed E-state index contributed by atoms with van der Waals surface area (Å²) in [6, 6.07) is 0. The van der Waals surface area contributed by atoms with Crippen molar-refractivity contribution >= 4 is 5.91 Å². The Kier molecular flexibility index (Phi) is 2.54. The van der Waals surface area contributed by atoms with Crippen LogP contribution in [0.1, 0.15) is 19.3 Å². The zero-order chi connectivity index (χ0) is 9.26. The highest BCUT2D eigenvalue weighted by molar-refractivity contribution is 5.79. The molecule has 0 aromatic rings. The highest BCUT2D eigenvalue weighted by atomic mass is 16.1. The summed E-state index contributed by atoms with van der Waals surface area (Å²) in [7, 11) is 2.08. The molecule has 1 N–H and O–H groups in total. The van der Waals surface area contributed by atoms with Gasteiger partial charge in [0.25, 0.3) is 0 Å². The fourth-order valence-electron chi connectivity index (χ4n) is 1.86. The lowest BCUT2D eigenvalue weighted by Crippen LogP contribution is -2.33. The van der Waals surface area contributed by atoms with Gasteiger partial charge >= 0.3 is 0 Å². The average molecular weight is 182 g/mol. The van der Waals surface area contributed by atoms with Gasteiger partial charge in [0.2, 0.25) is 5.91 Å². The van der Waals surface area contributed by atoms with Gasteiger partial charge < -0.3 is 10.2 Å². The Balaban J connectivity index is 1.69. The molecule has 2 rings (SSSR count). The predicted molar refractivity (Wildman–Crippen MR) is 51.3 cm³/mol. The van der Waals surface area contributed by atoms with Gasteiger partial charge in [-0.2, -0.15) is 0 Å². The summed E-state index contributed by atoms with van der Waals surface area (Å²) in [6.07, 6.45) is 3.66. The minimum atomic E-state index is 0.253. The summed E-state index contributed by atoms with van der Waals surface area (Å²) in [4.78, 5) is 13.8. The highest BCUT2D eigenvalue weighted by Crippen LogP contribution is 2.27. The van der Waals surface area contributed by atoms with Crippen molar-refractivity contribution in [3.63, 3.8) is 0 Å². The van der Waals surface area contributed by atoms with Crippen molar-refractivity contribution in [2.24, 2.45) is 11.8 Å². The van der Waals surface area contributed by atoms with E-state index in [1.807, 2.05) is 0 Å². The van der Waals surface area contributed by atoms with Crippen molar-refractivity contribution in [3.05, 3.63) is 0 Å². The first-order chi connectivity index (χ1) is 6.25. The van der Waals surface area contributed by atoms with Crippen molar-refractivity contribution in [1.82, 2.24) is 10.2 Å². The third kappa shape index (κ3) is 2.44. The molecular formula is C10H18N2O. The minimum Gasteiger partial charge on any atom is -0.356 e. The van der Waals surface area contributed by atoms with Crippen LogP contribution in [0.2, 0.25) is 0 Å². The molecule has 74 valence electrons. The maximum atomic E-state index is 11.6. The lowest BCUT2D eigenvalue weighted by atomic mass is 10.1. The molecule has 0 aromatic heterocycles. The van der Waals surface area contributed by atoms with Gasteiger partial charge in [-0.1, -0.05) is 0 Å². The number of nitrogens with zero attached hydrogens (tertiary/aromatic N) is 1. The van der Waals surface area contributed by atoms with Crippen molar-refractivity contribution in [2.45, 2.75) is 19.3 Å². The molecule has 1 aliphatic carbocycles. The zero-order valence-electron chi connectivity index (χ0n) is 8.25. The Bertz CT molecular complexity index is 201. The van der Waals surface area contributed by atoms with Crippen LogP contribution in [0.5, 0.6) is 0 Å². The number of carbonyl (C=O) groups is 1. The van der Waals surface area contributed by atoms with E-state index in [2.05, 4.69) is 17.3 Å². The molecule has 1 heterocycles. The molecule has 2 aliphatic rings. The van der Waals surface area contributed by atoms with Crippen LogP contribution in [0.25, 0.3) is 0 Å². The molecule has 3 nitrogen and oxygen atoms in total. The van der Waals surface area contributed by atoms with Gasteiger partial charge in [0.15, 0.2) is 0 Å². The number of rotatable bonds is 3. The Hall–Kier alpha value is -0.570. The van der Waals surface area contributed by atoms with Crippen LogP contribution in [0, 0.1) is 11.8 Å². The number of hydrogen-bond acceptors (Lipinski definition) is 2. The van der Waals surface area contributed by atoms with Gasteiger partial charge in [0.1, 0.15) is 0 Å². The van der Waals surface area contributed by atoms with Crippen molar-refractivity contribution in [1.29, 1.82) is 0 Å². The van der Waals surface area contributed by atoms with Gasteiger partial charge in [-0.05, 0) is 38.8 Å². The second-order valence-electron chi connectivity index (χ2n) is 4.44. The smallest absolute Gasteiger partial charge is 0.224 e. The lowest BCUT2D eigenvalue weighted by molar-refractivity contribution is -0.124. The van der Waals surface area contributed by atoms with E-state index in [-0.39, 0.29) is 11.8 Å². The Morgan fingerprint density at radius 3 is 2.77 bits per heavy atom. The molecule has 1 unspecified atom stereocenters. The van der Waals surface area contributed by atoms with E-state index in [1.165, 1.54) is 12.8 Å². The third-order valence-electron chi connectivity index (χ3n) is 3.02. The number of carbonyl (C=O) groups excluding carboxylic acids is 1. The van der Waals surface area contributed by atoms with E-state index >= 15 is 0 Å². The number of nitrogens with one attached hydrogen (secondary N) is 1. The van der Waals surface area contributed by atoms with Crippen LogP contribution < -0.4 is 5.32 Å². The molecule has 0 aromatic carbocycles. The Labute approximate surface area is 79.5 Å². The molecule has 0 radical (unpaired) electrons. The topological polar surface area (TPSA) is 32.3 Å². The first kappa shape index (κ1) is 9.00. The van der Waals surface area contributed by atoms with Gasteiger partial charge in [-0.3, -0.25) is 4.79 Å². The monoisotopic (exact) mass is 182 g/mol. The Morgan fingerprint density at radius 2 is 2.23 bits per heavy atom. The maximum Gasteiger partial charge on any atom is 0.224 e. The second kappa shape index (κ2) is 3.66. The summed E-state index contributed by atoms with van der Waals surface area (Å²) in [5.41, 5.74) is 0. The predicted octanol–water partition coefficient (Wildman–Crippen LogP) is 0.464. The normalized spacial score (nSPS) is 29.2. The first-order valence-corrected chi connectivity index (χ1v) is 5.22. The third-order valence-corrected chi connectivity index (χ3v) is 3.02. The summed E-state index contributed by atoms with van der Waals surface area (Å²) >= 11 is 0. The van der Waals surface area contributed by atoms with Crippen molar-refractivity contribution < 1.29 is 4.79 Å². The number of hydrogen-bond donors (Lipinski definition) is 1. The number of likely N-dealkylation sites (tertiary alicyclic amines) is 1. The van der Waals surface area contributed by atoms with E-state index < -0.39 is 0 Å². The maximum absolute atomic E-state index is 11.6. The molecule has 1 aliphatic heterocycles. The second-order valence-corrected chi connectivity index (χ2v) is 4.44. The summed E-state index contributed by atoms with van der Waals surface area (Å²) in [5, 5.41) is 3.04. The summed E-state index contributed by atoms with van der Waals surface area (Å²) in [6.45, 7) is 2.93. The Morgan fingerprint density at radius 1 is 1.46 bits per heavy atom. The van der Waals surface area contributed by atoms with Gasteiger partial charge in [0, 0.05) is 13.1 Å². The molecule has 3 heteroatoms. The zero-order valence-corrected chi connectivity index (χ0v) is 8.25. The van der Waals surface area contributed by atoms with Gasteiger partial charge in [-0.25, -0.2) is 0 Å². The first-order valence-electron chi connectivity index (χ1n) is 5.22. The minimum absolute atomic E-state index is 0.253. The lowest BCUT2D eigenvalue weighted by Gasteiger charge is -2.10. The fourth-order valence-corrected chi connectivity index (χ4v) is 1.86. The highest BCUT2D eigenvalue weighted by Gasteiger charge is 2.28. The molecule has 2 fully saturated rings. The average Bonchev–Trinajstić information content (AvgIpc) is 2.84. The molecule has 1 atom stereocenters. The van der Waals surface area contributed by atoms with Crippen LogP contribution in [0.4, 0.5) is 0 Å². The van der Waals surface area contributed by atoms with E-state index in [4.69, 9.17) is 0 Å².